The van der Waals surface area contributed by atoms with Crippen LogP contribution in [0.25, 0.3) is 0 Å². The van der Waals surface area contributed by atoms with Crippen LogP contribution in [0.5, 0.6) is 0 Å². The minimum absolute atomic E-state index is 0.188. The van der Waals surface area contributed by atoms with Gasteiger partial charge in [0.15, 0.2) is 5.13 Å². The van der Waals surface area contributed by atoms with Crippen LogP contribution in [0.15, 0.2) is 5.38 Å². The molecular weight excluding hydrogens is 214 g/mol. The van der Waals surface area contributed by atoms with Crippen LogP contribution >= 0.6 is 11.3 Å². The van der Waals surface area contributed by atoms with Crippen molar-refractivity contribution in [1.82, 2.24) is 10.3 Å². The number of aliphatic hydroxyl groups excluding tert-OH is 1. The number of amides is 1. The molecule has 0 atom stereocenters. The number of carbonyl (C=O) groups is 1. The molecule has 0 unspecified atom stereocenters. The number of nitrogen functional groups attached to an aromatic ring is 1. The van der Waals surface area contributed by atoms with Crippen molar-refractivity contribution >= 4 is 22.4 Å². The summed E-state index contributed by atoms with van der Waals surface area (Å²) in [5, 5.41) is 13.3. The topological polar surface area (TPSA) is 88.2 Å². The first-order valence-electron chi connectivity index (χ1n) is 4.84. The molecule has 0 fully saturated rings. The summed E-state index contributed by atoms with van der Waals surface area (Å²) in [6, 6.07) is 0. The summed E-state index contributed by atoms with van der Waals surface area (Å²) in [6.07, 6.45) is 2.56. The van der Waals surface area contributed by atoms with Gasteiger partial charge in [-0.1, -0.05) is 0 Å². The number of hydrogen-bond donors (Lipinski definition) is 3. The number of carbonyl (C=O) groups excluding carboxylic acids is 1. The summed E-state index contributed by atoms with van der Waals surface area (Å²) in [4.78, 5) is 15.3. The second kappa shape index (κ2) is 6.36. The Labute approximate surface area is 92.3 Å². The number of nitrogens with two attached hydrogens (primary N) is 1. The summed E-state index contributed by atoms with van der Waals surface area (Å²) >= 11 is 1.25. The highest BCUT2D eigenvalue weighted by molar-refractivity contribution is 7.13. The Hall–Kier alpha value is -1.14. The lowest BCUT2D eigenvalue weighted by Crippen LogP contribution is -2.24. The molecule has 0 aliphatic rings. The monoisotopic (exact) mass is 229 g/mol. The van der Waals surface area contributed by atoms with Crippen LogP contribution in [-0.2, 0) is 0 Å². The zero-order chi connectivity index (χ0) is 11.1. The van der Waals surface area contributed by atoms with Crippen LogP contribution in [0.2, 0.25) is 0 Å². The maximum absolute atomic E-state index is 11.4. The van der Waals surface area contributed by atoms with E-state index < -0.39 is 0 Å². The van der Waals surface area contributed by atoms with E-state index in [0.717, 1.165) is 19.3 Å². The molecule has 6 heteroatoms. The van der Waals surface area contributed by atoms with Gasteiger partial charge in [-0.15, -0.1) is 11.3 Å². The second-order valence-corrected chi connectivity index (χ2v) is 4.00. The molecule has 0 aliphatic carbocycles. The molecule has 0 aliphatic heterocycles. The zero-order valence-corrected chi connectivity index (χ0v) is 9.22. The number of thiazole rings is 1. The van der Waals surface area contributed by atoms with Gasteiger partial charge in [0.05, 0.1) is 0 Å². The second-order valence-electron chi connectivity index (χ2n) is 3.11. The van der Waals surface area contributed by atoms with Crippen molar-refractivity contribution in [3.63, 3.8) is 0 Å². The zero-order valence-electron chi connectivity index (χ0n) is 8.40. The van der Waals surface area contributed by atoms with E-state index in [-0.39, 0.29) is 12.5 Å². The van der Waals surface area contributed by atoms with E-state index in [1.807, 2.05) is 0 Å². The number of rotatable bonds is 6. The van der Waals surface area contributed by atoms with Crippen LogP contribution in [0.3, 0.4) is 0 Å². The first kappa shape index (κ1) is 11.9. The Morgan fingerprint density at radius 3 is 2.93 bits per heavy atom. The van der Waals surface area contributed by atoms with Crippen molar-refractivity contribution in [2.75, 3.05) is 18.9 Å². The van der Waals surface area contributed by atoms with Crippen LogP contribution in [0.1, 0.15) is 29.8 Å². The molecule has 5 nitrogen and oxygen atoms in total. The molecule has 0 spiro atoms. The standard InChI is InChI=1S/C9H15N3O2S/c10-9-12-7(6-15-9)8(14)11-4-2-1-3-5-13/h6,13H,1-5H2,(H2,10,12)(H,11,14). The van der Waals surface area contributed by atoms with Gasteiger partial charge in [-0.3, -0.25) is 4.79 Å². The first-order valence-corrected chi connectivity index (χ1v) is 5.72. The normalized spacial score (nSPS) is 10.2. The van der Waals surface area contributed by atoms with Crippen molar-refractivity contribution in [3.05, 3.63) is 11.1 Å². The Kier molecular flexibility index (Phi) is 5.06. The molecule has 0 bridgehead atoms. The first-order chi connectivity index (χ1) is 7.24. The van der Waals surface area contributed by atoms with Gasteiger partial charge in [-0.05, 0) is 19.3 Å². The van der Waals surface area contributed by atoms with Gasteiger partial charge in [0.1, 0.15) is 5.69 Å². The number of aliphatic hydroxyl groups is 1. The van der Waals surface area contributed by atoms with Gasteiger partial charge in [-0.25, -0.2) is 4.98 Å². The van der Waals surface area contributed by atoms with Crippen LogP contribution in [0.4, 0.5) is 5.13 Å². The highest BCUT2D eigenvalue weighted by Crippen LogP contribution is 2.10. The molecule has 1 aromatic rings. The summed E-state index contributed by atoms with van der Waals surface area (Å²) < 4.78 is 0. The summed E-state index contributed by atoms with van der Waals surface area (Å²) in [5.74, 6) is -0.188. The maximum Gasteiger partial charge on any atom is 0.270 e. The predicted octanol–water partition coefficient (Wildman–Crippen LogP) is 0.618. The highest BCUT2D eigenvalue weighted by atomic mass is 32.1. The molecule has 1 aromatic heterocycles. The third kappa shape index (κ3) is 4.26. The molecule has 1 rings (SSSR count). The lowest BCUT2D eigenvalue weighted by Gasteiger charge is -2.01. The molecule has 4 N–H and O–H groups in total. The van der Waals surface area contributed by atoms with Crippen LogP contribution < -0.4 is 11.1 Å². The van der Waals surface area contributed by atoms with Crippen molar-refractivity contribution in [1.29, 1.82) is 0 Å². The average molecular weight is 229 g/mol. The Morgan fingerprint density at radius 2 is 2.33 bits per heavy atom. The number of nitrogens with zero attached hydrogens (tertiary/aromatic N) is 1. The fraction of sp³-hybridized carbons (Fsp3) is 0.556. The number of hydrogen-bond acceptors (Lipinski definition) is 5. The fourth-order valence-corrected chi connectivity index (χ4v) is 1.64. The lowest BCUT2D eigenvalue weighted by atomic mass is 10.2. The highest BCUT2D eigenvalue weighted by Gasteiger charge is 2.07. The van der Waals surface area contributed by atoms with Gasteiger partial charge in [0, 0.05) is 18.5 Å². The van der Waals surface area contributed by atoms with E-state index in [9.17, 15) is 4.79 Å². The summed E-state index contributed by atoms with van der Waals surface area (Å²) in [5.41, 5.74) is 5.79. The van der Waals surface area contributed by atoms with Crippen LogP contribution in [-0.4, -0.2) is 29.1 Å². The molecule has 84 valence electrons. The van der Waals surface area contributed by atoms with Gasteiger partial charge in [0.25, 0.3) is 5.91 Å². The largest absolute Gasteiger partial charge is 0.396 e. The molecule has 0 saturated carbocycles. The van der Waals surface area contributed by atoms with E-state index in [0.29, 0.717) is 17.4 Å². The summed E-state index contributed by atoms with van der Waals surface area (Å²) in [6.45, 7) is 0.812. The number of aromatic nitrogens is 1. The Morgan fingerprint density at radius 1 is 1.53 bits per heavy atom. The quantitative estimate of drug-likeness (QED) is 0.624. The van der Waals surface area contributed by atoms with Gasteiger partial charge in [-0.2, -0.15) is 0 Å². The minimum Gasteiger partial charge on any atom is -0.396 e. The Balaban J connectivity index is 2.19. The minimum atomic E-state index is -0.188. The van der Waals surface area contributed by atoms with Gasteiger partial charge in [0.2, 0.25) is 0 Å². The fourth-order valence-electron chi connectivity index (χ4n) is 1.10. The van der Waals surface area contributed by atoms with E-state index in [2.05, 4.69) is 10.3 Å². The molecule has 0 aromatic carbocycles. The molecule has 1 amide bonds. The average Bonchev–Trinajstić information content (AvgIpc) is 2.64. The number of nitrogens with one attached hydrogen (secondary N) is 1. The molecular formula is C9H15N3O2S. The summed E-state index contributed by atoms with van der Waals surface area (Å²) in [7, 11) is 0. The third-order valence-electron chi connectivity index (χ3n) is 1.88. The number of unbranched alkanes of at least 4 members (excludes halogenated alkanes) is 2. The van der Waals surface area contributed by atoms with Crippen LogP contribution in [0, 0.1) is 0 Å². The van der Waals surface area contributed by atoms with Gasteiger partial charge >= 0.3 is 0 Å². The molecule has 15 heavy (non-hydrogen) atoms. The van der Waals surface area contributed by atoms with E-state index in [1.54, 1.807) is 5.38 Å². The molecule has 0 radical (unpaired) electrons. The Bertz CT molecular complexity index is 314. The molecule has 0 saturated heterocycles. The van der Waals surface area contributed by atoms with Crippen molar-refractivity contribution in [3.8, 4) is 0 Å². The van der Waals surface area contributed by atoms with Crippen molar-refractivity contribution in [2.24, 2.45) is 0 Å². The molecule has 1 heterocycles. The maximum atomic E-state index is 11.4. The SMILES string of the molecule is Nc1nc(C(=O)NCCCCCO)cs1. The van der Waals surface area contributed by atoms with Crippen molar-refractivity contribution in [2.45, 2.75) is 19.3 Å². The number of anilines is 1. The smallest absolute Gasteiger partial charge is 0.270 e. The van der Waals surface area contributed by atoms with E-state index >= 15 is 0 Å². The van der Waals surface area contributed by atoms with E-state index in [4.69, 9.17) is 10.8 Å². The third-order valence-corrected chi connectivity index (χ3v) is 2.55. The van der Waals surface area contributed by atoms with Crippen molar-refractivity contribution < 1.29 is 9.90 Å². The predicted molar refractivity (Wildman–Crippen MR) is 59.8 cm³/mol. The van der Waals surface area contributed by atoms with Gasteiger partial charge < -0.3 is 16.2 Å². The lowest BCUT2D eigenvalue weighted by molar-refractivity contribution is 0.0948. The van der Waals surface area contributed by atoms with E-state index in [1.165, 1.54) is 11.3 Å².